The van der Waals surface area contributed by atoms with E-state index in [0.717, 1.165) is 18.1 Å². The van der Waals surface area contributed by atoms with Crippen LogP contribution < -0.4 is 9.57 Å². The van der Waals surface area contributed by atoms with Crippen molar-refractivity contribution in [2.24, 2.45) is 0 Å². The first-order valence-electron chi connectivity index (χ1n) is 3.63. The first-order valence-corrected chi connectivity index (χ1v) is 4.01. The van der Waals surface area contributed by atoms with E-state index >= 15 is 0 Å². The molecule has 0 radical (unpaired) electrons. The molecule has 1 aromatic rings. The van der Waals surface area contributed by atoms with E-state index in [4.69, 9.17) is 16.4 Å². The first-order chi connectivity index (χ1) is 5.33. The van der Waals surface area contributed by atoms with Crippen molar-refractivity contribution in [2.75, 3.05) is 6.61 Å². The summed E-state index contributed by atoms with van der Waals surface area (Å²) < 4.78 is 1.65. The van der Waals surface area contributed by atoms with E-state index in [-0.39, 0.29) is 0 Å². The number of halogens is 1. The van der Waals surface area contributed by atoms with Crippen molar-refractivity contribution in [3.8, 4) is 0 Å². The van der Waals surface area contributed by atoms with Gasteiger partial charge in [-0.05, 0) is 6.42 Å². The maximum atomic E-state index is 5.68. The standard InChI is InChI=1S/C8H11ClNO/c1-2-7-11-10-5-3-8(9)4-6-10/h3-6H,2,7H2,1H3/q+1. The van der Waals surface area contributed by atoms with Gasteiger partial charge >= 0.3 is 0 Å². The molecular weight excluding hydrogens is 162 g/mol. The monoisotopic (exact) mass is 172 g/mol. The predicted molar refractivity (Wildman–Crippen MR) is 43.4 cm³/mol. The predicted octanol–water partition coefficient (Wildman–Crippen LogP) is 1.47. The average molecular weight is 173 g/mol. The van der Waals surface area contributed by atoms with Crippen LogP contribution in [-0.4, -0.2) is 6.61 Å². The van der Waals surface area contributed by atoms with Gasteiger partial charge in [-0.25, -0.2) is 0 Å². The maximum absolute atomic E-state index is 5.68. The Morgan fingerprint density at radius 3 is 2.64 bits per heavy atom. The molecule has 0 N–H and O–H groups in total. The SMILES string of the molecule is CCCO[n+]1ccc(Cl)cc1. The summed E-state index contributed by atoms with van der Waals surface area (Å²) in [5, 5.41) is 0.723. The minimum atomic E-state index is 0.723. The Morgan fingerprint density at radius 2 is 2.09 bits per heavy atom. The highest BCUT2D eigenvalue weighted by molar-refractivity contribution is 6.30. The summed E-state index contributed by atoms with van der Waals surface area (Å²) in [6.45, 7) is 2.79. The molecule has 0 amide bonds. The molecule has 0 aliphatic carbocycles. The van der Waals surface area contributed by atoms with E-state index in [0.29, 0.717) is 0 Å². The summed E-state index contributed by atoms with van der Waals surface area (Å²) in [5.41, 5.74) is 0. The summed E-state index contributed by atoms with van der Waals surface area (Å²) in [6, 6.07) is 3.58. The number of pyridine rings is 1. The van der Waals surface area contributed by atoms with Crippen LogP contribution in [-0.2, 0) is 0 Å². The zero-order valence-electron chi connectivity index (χ0n) is 6.46. The highest BCUT2D eigenvalue weighted by Gasteiger charge is 1.98. The Balaban J connectivity index is 2.52. The molecule has 1 aromatic heterocycles. The van der Waals surface area contributed by atoms with Crippen molar-refractivity contribution in [2.45, 2.75) is 13.3 Å². The largest absolute Gasteiger partial charge is 0.271 e. The van der Waals surface area contributed by atoms with Crippen molar-refractivity contribution in [1.29, 1.82) is 0 Å². The Morgan fingerprint density at radius 1 is 1.45 bits per heavy atom. The molecule has 1 rings (SSSR count). The molecule has 60 valence electrons. The van der Waals surface area contributed by atoms with E-state index in [2.05, 4.69) is 6.92 Å². The van der Waals surface area contributed by atoms with Crippen LogP contribution in [0.3, 0.4) is 0 Å². The van der Waals surface area contributed by atoms with Crippen LogP contribution in [0.5, 0.6) is 0 Å². The van der Waals surface area contributed by atoms with Crippen LogP contribution in [0.15, 0.2) is 24.5 Å². The van der Waals surface area contributed by atoms with Gasteiger partial charge in [0.05, 0.1) is 5.02 Å². The lowest BCUT2D eigenvalue weighted by Crippen LogP contribution is -2.41. The van der Waals surface area contributed by atoms with E-state index < -0.39 is 0 Å². The summed E-state index contributed by atoms with van der Waals surface area (Å²) in [4.78, 5) is 5.27. The van der Waals surface area contributed by atoms with E-state index in [1.807, 2.05) is 0 Å². The second kappa shape index (κ2) is 4.19. The fraction of sp³-hybridized carbons (Fsp3) is 0.375. The maximum Gasteiger partial charge on any atom is 0.223 e. The molecule has 1 heterocycles. The molecule has 0 bridgehead atoms. The number of aromatic nitrogens is 1. The van der Waals surface area contributed by atoms with Gasteiger partial charge in [-0.3, -0.25) is 4.84 Å². The van der Waals surface area contributed by atoms with Gasteiger partial charge in [-0.2, -0.15) is 0 Å². The third-order valence-electron chi connectivity index (χ3n) is 1.21. The molecule has 3 heteroatoms. The van der Waals surface area contributed by atoms with E-state index in [1.165, 1.54) is 0 Å². The summed E-state index contributed by atoms with van der Waals surface area (Å²) in [5.74, 6) is 0. The zero-order chi connectivity index (χ0) is 8.10. The number of hydrogen-bond acceptors (Lipinski definition) is 1. The van der Waals surface area contributed by atoms with Gasteiger partial charge in [-0.15, -0.1) is 0 Å². The molecule has 2 nitrogen and oxygen atoms in total. The fourth-order valence-corrected chi connectivity index (χ4v) is 0.790. The van der Waals surface area contributed by atoms with Crippen molar-refractivity contribution >= 4 is 11.6 Å². The molecular formula is C8H11ClNO+. The summed E-state index contributed by atoms with van der Waals surface area (Å²) in [6.07, 6.45) is 4.59. The van der Waals surface area contributed by atoms with E-state index in [9.17, 15) is 0 Å². The molecule has 0 saturated heterocycles. The highest BCUT2D eigenvalue weighted by atomic mass is 35.5. The Bertz CT molecular complexity index is 210. The minimum absolute atomic E-state index is 0.723. The molecule has 0 aromatic carbocycles. The molecule has 0 fully saturated rings. The van der Waals surface area contributed by atoms with Crippen LogP contribution in [0.4, 0.5) is 0 Å². The Labute approximate surface area is 71.3 Å². The van der Waals surface area contributed by atoms with Gasteiger partial charge in [0.1, 0.15) is 0 Å². The van der Waals surface area contributed by atoms with Gasteiger partial charge in [0.15, 0.2) is 6.61 Å². The number of hydrogen-bond donors (Lipinski definition) is 0. The molecule has 0 aliphatic heterocycles. The first kappa shape index (κ1) is 8.34. The average Bonchev–Trinajstić information content (AvgIpc) is 2.04. The lowest BCUT2D eigenvalue weighted by Gasteiger charge is -1.94. The van der Waals surface area contributed by atoms with E-state index in [1.54, 1.807) is 29.3 Å². The normalized spacial score (nSPS) is 9.64. The van der Waals surface area contributed by atoms with Crippen LogP contribution in [0, 0.1) is 0 Å². The zero-order valence-corrected chi connectivity index (χ0v) is 7.21. The summed E-state index contributed by atoms with van der Waals surface area (Å²) in [7, 11) is 0. The van der Waals surface area contributed by atoms with Crippen LogP contribution in [0.1, 0.15) is 13.3 Å². The molecule has 0 unspecified atom stereocenters. The number of nitrogens with zero attached hydrogens (tertiary/aromatic N) is 1. The Hall–Kier alpha value is -0.760. The van der Waals surface area contributed by atoms with Gasteiger partial charge in [-0.1, -0.05) is 18.5 Å². The molecule has 0 atom stereocenters. The molecule has 11 heavy (non-hydrogen) atoms. The third kappa shape index (κ3) is 2.76. The summed E-state index contributed by atoms with van der Waals surface area (Å²) >= 11 is 5.68. The highest BCUT2D eigenvalue weighted by Crippen LogP contribution is 2.01. The lowest BCUT2D eigenvalue weighted by atomic mass is 10.5. The van der Waals surface area contributed by atoms with Crippen molar-refractivity contribution in [1.82, 2.24) is 0 Å². The van der Waals surface area contributed by atoms with Crippen LogP contribution in [0.2, 0.25) is 5.02 Å². The lowest BCUT2D eigenvalue weighted by molar-refractivity contribution is -0.891. The Kier molecular flexibility index (Phi) is 3.17. The quantitative estimate of drug-likeness (QED) is 0.630. The van der Waals surface area contributed by atoms with Crippen molar-refractivity contribution in [3.05, 3.63) is 29.5 Å². The van der Waals surface area contributed by atoms with Gasteiger partial charge in [0.2, 0.25) is 12.4 Å². The van der Waals surface area contributed by atoms with Gasteiger partial charge in [0, 0.05) is 16.9 Å². The fourth-order valence-electron chi connectivity index (χ4n) is 0.677. The van der Waals surface area contributed by atoms with Crippen molar-refractivity contribution in [3.63, 3.8) is 0 Å². The number of rotatable bonds is 3. The second-order valence-corrected chi connectivity index (χ2v) is 2.65. The van der Waals surface area contributed by atoms with Gasteiger partial charge < -0.3 is 0 Å². The van der Waals surface area contributed by atoms with Crippen LogP contribution in [0.25, 0.3) is 0 Å². The minimum Gasteiger partial charge on any atom is -0.271 e. The topological polar surface area (TPSA) is 13.1 Å². The second-order valence-electron chi connectivity index (χ2n) is 2.21. The third-order valence-corrected chi connectivity index (χ3v) is 1.46. The molecule has 0 aliphatic rings. The van der Waals surface area contributed by atoms with Gasteiger partial charge in [0.25, 0.3) is 0 Å². The molecule has 0 saturated carbocycles. The smallest absolute Gasteiger partial charge is 0.223 e. The molecule has 0 spiro atoms. The van der Waals surface area contributed by atoms with Crippen molar-refractivity contribution < 1.29 is 9.57 Å². The van der Waals surface area contributed by atoms with Crippen LogP contribution >= 0.6 is 11.6 Å².